The summed E-state index contributed by atoms with van der Waals surface area (Å²) in [5.74, 6) is 1.06. The van der Waals surface area contributed by atoms with E-state index in [2.05, 4.69) is 22.8 Å². The van der Waals surface area contributed by atoms with Gasteiger partial charge < -0.3 is 10.6 Å². The molecule has 100 valence electrons. The highest BCUT2D eigenvalue weighted by molar-refractivity contribution is 5.82. The molecule has 1 saturated heterocycles. The molecular weight excluding hydrogens is 224 g/mol. The predicted octanol–water partition coefficient (Wildman–Crippen LogP) is 2.13. The first kappa shape index (κ1) is 12.2. The summed E-state index contributed by atoms with van der Waals surface area (Å²) in [7, 11) is 0. The average molecular weight is 248 g/mol. The first-order valence-corrected chi connectivity index (χ1v) is 7.54. The average Bonchev–Trinajstić information content (AvgIpc) is 2.91. The molecule has 1 saturated carbocycles. The Bertz CT molecular complexity index is 331. The van der Waals surface area contributed by atoms with Crippen LogP contribution in [-0.2, 0) is 4.79 Å². The van der Waals surface area contributed by atoms with Crippen molar-refractivity contribution in [2.75, 3.05) is 0 Å². The number of carbonyl (C=O) groups is 1. The normalized spacial score (nSPS) is 36.3. The van der Waals surface area contributed by atoms with E-state index in [0.717, 1.165) is 25.2 Å². The summed E-state index contributed by atoms with van der Waals surface area (Å²) in [4.78, 5) is 12.2. The van der Waals surface area contributed by atoms with Crippen LogP contribution in [0.2, 0.25) is 0 Å². The van der Waals surface area contributed by atoms with Crippen LogP contribution in [0.25, 0.3) is 0 Å². The number of rotatable bonds is 2. The third-order valence-electron chi connectivity index (χ3n) is 4.82. The maximum absolute atomic E-state index is 12.2. The van der Waals surface area contributed by atoms with Crippen molar-refractivity contribution in [3.05, 3.63) is 12.2 Å². The number of hydrogen-bond donors (Lipinski definition) is 2. The first-order chi connectivity index (χ1) is 8.83. The Morgan fingerprint density at radius 3 is 2.67 bits per heavy atom. The number of fused-ring (bicyclic) bond motifs is 1. The highest BCUT2D eigenvalue weighted by Gasteiger charge is 2.34. The van der Waals surface area contributed by atoms with Gasteiger partial charge in [0.2, 0.25) is 5.91 Å². The van der Waals surface area contributed by atoms with Crippen molar-refractivity contribution in [1.82, 2.24) is 10.6 Å². The summed E-state index contributed by atoms with van der Waals surface area (Å²) >= 11 is 0. The molecule has 0 radical (unpaired) electrons. The summed E-state index contributed by atoms with van der Waals surface area (Å²) in [5, 5.41) is 6.78. The third-order valence-corrected chi connectivity index (χ3v) is 4.82. The van der Waals surface area contributed by atoms with Crippen molar-refractivity contribution in [2.45, 2.75) is 69.5 Å². The molecule has 3 heteroatoms. The van der Waals surface area contributed by atoms with Gasteiger partial charge in [0.05, 0.1) is 6.04 Å². The fraction of sp³-hybridized carbons (Fsp3) is 0.800. The smallest absolute Gasteiger partial charge is 0.237 e. The van der Waals surface area contributed by atoms with Crippen LogP contribution in [0.4, 0.5) is 0 Å². The van der Waals surface area contributed by atoms with E-state index in [0.29, 0.717) is 12.1 Å². The van der Waals surface area contributed by atoms with Crippen LogP contribution < -0.4 is 10.6 Å². The molecule has 0 aromatic rings. The van der Waals surface area contributed by atoms with Crippen molar-refractivity contribution in [1.29, 1.82) is 0 Å². The van der Waals surface area contributed by atoms with E-state index >= 15 is 0 Å². The fourth-order valence-corrected chi connectivity index (χ4v) is 3.74. The quantitative estimate of drug-likeness (QED) is 0.735. The molecule has 1 aliphatic heterocycles. The second-order valence-electron chi connectivity index (χ2n) is 6.10. The predicted molar refractivity (Wildman–Crippen MR) is 72.2 cm³/mol. The Morgan fingerprint density at radius 2 is 1.83 bits per heavy atom. The van der Waals surface area contributed by atoms with Crippen LogP contribution in [0.1, 0.15) is 51.4 Å². The zero-order valence-corrected chi connectivity index (χ0v) is 11.0. The Labute approximate surface area is 109 Å². The Kier molecular flexibility index (Phi) is 3.69. The Morgan fingerprint density at radius 1 is 1.06 bits per heavy atom. The van der Waals surface area contributed by atoms with Crippen molar-refractivity contribution in [3.63, 3.8) is 0 Å². The second kappa shape index (κ2) is 5.43. The van der Waals surface area contributed by atoms with Gasteiger partial charge in [-0.2, -0.15) is 0 Å². The lowest BCUT2D eigenvalue weighted by atomic mass is 9.77. The summed E-state index contributed by atoms with van der Waals surface area (Å²) in [6.07, 6.45) is 13.9. The van der Waals surface area contributed by atoms with E-state index in [1.807, 2.05) is 0 Å². The molecule has 1 heterocycles. The minimum absolute atomic E-state index is 0.0601. The summed E-state index contributed by atoms with van der Waals surface area (Å²) in [6, 6.07) is 1.01. The molecule has 3 aliphatic rings. The molecule has 3 atom stereocenters. The molecule has 18 heavy (non-hydrogen) atoms. The van der Waals surface area contributed by atoms with Gasteiger partial charge in [-0.05, 0) is 44.4 Å². The topological polar surface area (TPSA) is 41.1 Å². The van der Waals surface area contributed by atoms with Gasteiger partial charge in [0, 0.05) is 12.1 Å². The molecule has 0 aromatic heterocycles. The fourth-order valence-electron chi connectivity index (χ4n) is 3.74. The van der Waals surface area contributed by atoms with Gasteiger partial charge in [-0.1, -0.05) is 25.0 Å². The van der Waals surface area contributed by atoms with Crippen LogP contribution in [0.3, 0.4) is 0 Å². The molecule has 0 aromatic carbocycles. The van der Waals surface area contributed by atoms with E-state index < -0.39 is 0 Å². The van der Waals surface area contributed by atoms with E-state index in [1.165, 1.54) is 32.1 Å². The number of nitrogens with one attached hydrogen (secondary N) is 2. The molecule has 1 amide bonds. The number of amides is 1. The lowest BCUT2D eigenvalue weighted by Gasteiger charge is -2.40. The van der Waals surface area contributed by atoms with Crippen molar-refractivity contribution in [3.8, 4) is 0 Å². The standard InChI is InChI=1S/C15H24N2O/c18-15(16-12-6-2-3-7-12)14-10-9-11-5-1-4-8-13(11)17-14/h2-3,11-14,17H,1,4-10H2,(H,16,18). The molecule has 3 nitrogen and oxygen atoms in total. The van der Waals surface area contributed by atoms with Gasteiger partial charge in [0.15, 0.2) is 0 Å². The van der Waals surface area contributed by atoms with Gasteiger partial charge in [-0.25, -0.2) is 0 Å². The lowest BCUT2D eigenvalue weighted by Crippen LogP contribution is -2.56. The van der Waals surface area contributed by atoms with Crippen LogP contribution in [0.5, 0.6) is 0 Å². The van der Waals surface area contributed by atoms with Gasteiger partial charge in [-0.3, -0.25) is 4.79 Å². The molecule has 2 aliphatic carbocycles. The Balaban J connectivity index is 1.51. The van der Waals surface area contributed by atoms with E-state index in [9.17, 15) is 4.79 Å². The van der Waals surface area contributed by atoms with Crippen LogP contribution in [0, 0.1) is 5.92 Å². The monoisotopic (exact) mass is 248 g/mol. The minimum Gasteiger partial charge on any atom is -0.351 e. The van der Waals surface area contributed by atoms with Gasteiger partial charge in [-0.15, -0.1) is 0 Å². The minimum atomic E-state index is 0.0601. The zero-order valence-electron chi connectivity index (χ0n) is 11.0. The highest BCUT2D eigenvalue weighted by Crippen LogP contribution is 2.32. The van der Waals surface area contributed by atoms with Crippen LogP contribution in [0.15, 0.2) is 12.2 Å². The van der Waals surface area contributed by atoms with E-state index in [1.54, 1.807) is 0 Å². The van der Waals surface area contributed by atoms with Gasteiger partial charge >= 0.3 is 0 Å². The summed E-state index contributed by atoms with van der Waals surface area (Å²) in [5.41, 5.74) is 0. The zero-order chi connectivity index (χ0) is 12.4. The lowest BCUT2D eigenvalue weighted by molar-refractivity contribution is -0.125. The van der Waals surface area contributed by atoms with Crippen molar-refractivity contribution < 1.29 is 4.79 Å². The van der Waals surface area contributed by atoms with Gasteiger partial charge in [0.1, 0.15) is 0 Å². The summed E-state index contributed by atoms with van der Waals surface area (Å²) < 4.78 is 0. The molecule has 3 rings (SSSR count). The maximum Gasteiger partial charge on any atom is 0.237 e. The molecule has 3 unspecified atom stereocenters. The van der Waals surface area contributed by atoms with Crippen LogP contribution in [-0.4, -0.2) is 24.0 Å². The highest BCUT2D eigenvalue weighted by atomic mass is 16.2. The van der Waals surface area contributed by atoms with E-state index in [-0.39, 0.29) is 11.9 Å². The van der Waals surface area contributed by atoms with E-state index in [4.69, 9.17) is 0 Å². The largest absolute Gasteiger partial charge is 0.351 e. The maximum atomic E-state index is 12.2. The SMILES string of the molecule is O=C(NC1CC=CC1)C1CCC2CCCCC2N1. The molecule has 0 bridgehead atoms. The van der Waals surface area contributed by atoms with Gasteiger partial charge in [0.25, 0.3) is 0 Å². The molecule has 2 fully saturated rings. The first-order valence-electron chi connectivity index (χ1n) is 7.54. The molecule has 0 spiro atoms. The Hall–Kier alpha value is -0.830. The number of carbonyl (C=O) groups excluding carboxylic acids is 1. The third kappa shape index (κ3) is 2.61. The van der Waals surface area contributed by atoms with Crippen molar-refractivity contribution in [2.24, 2.45) is 5.92 Å². The summed E-state index contributed by atoms with van der Waals surface area (Å²) in [6.45, 7) is 0. The molecule has 2 N–H and O–H groups in total. The number of piperidine rings is 1. The number of hydrogen-bond acceptors (Lipinski definition) is 2. The second-order valence-corrected chi connectivity index (χ2v) is 6.10. The molecular formula is C15H24N2O. The van der Waals surface area contributed by atoms with Crippen LogP contribution >= 0.6 is 0 Å². The van der Waals surface area contributed by atoms with Crippen molar-refractivity contribution >= 4 is 5.91 Å².